The Balaban J connectivity index is 1.77. The molecule has 0 aromatic carbocycles. The van der Waals surface area contributed by atoms with E-state index in [1.54, 1.807) is 7.11 Å². The van der Waals surface area contributed by atoms with Crippen LogP contribution in [0.4, 0.5) is 0 Å². The van der Waals surface area contributed by atoms with E-state index in [0.717, 1.165) is 45.2 Å². The van der Waals surface area contributed by atoms with E-state index in [1.807, 2.05) is 0 Å². The molecule has 1 N–H and O–H groups in total. The first kappa shape index (κ1) is 11.9. The van der Waals surface area contributed by atoms with Crippen LogP contribution in [0.3, 0.4) is 0 Å². The molecule has 0 bridgehead atoms. The van der Waals surface area contributed by atoms with Gasteiger partial charge in [0.15, 0.2) is 0 Å². The number of carbonyl (C=O) groups excluding carboxylic acids is 1. The number of methoxy groups -OCH3 is 1. The van der Waals surface area contributed by atoms with Crippen molar-refractivity contribution in [3.05, 3.63) is 0 Å². The van der Waals surface area contributed by atoms with Gasteiger partial charge < -0.3 is 14.8 Å². The number of ether oxygens (including phenoxy) is 2. The van der Waals surface area contributed by atoms with Gasteiger partial charge in [0.1, 0.15) is 6.10 Å². The van der Waals surface area contributed by atoms with Crippen LogP contribution in [-0.2, 0) is 14.3 Å². The van der Waals surface area contributed by atoms with Crippen LogP contribution in [0.2, 0.25) is 0 Å². The van der Waals surface area contributed by atoms with E-state index < -0.39 is 0 Å². The van der Waals surface area contributed by atoms with E-state index in [0.29, 0.717) is 0 Å². The summed E-state index contributed by atoms with van der Waals surface area (Å²) in [6.45, 7) is 1.71. The molecule has 2 fully saturated rings. The minimum absolute atomic E-state index is 0.0215. The summed E-state index contributed by atoms with van der Waals surface area (Å²) in [5.74, 6) is 0.0506. The van der Waals surface area contributed by atoms with E-state index in [9.17, 15) is 4.79 Å². The molecular formula is C12H21NO3. The number of rotatable bonds is 3. The summed E-state index contributed by atoms with van der Waals surface area (Å²) in [5.41, 5.74) is 0. The van der Waals surface area contributed by atoms with Crippen LogP contribution >= 0.6 is 0 Å². The lowest BCUT2D eigenvalue weighted by atomic mass is 9.94. The second-order valence-corrected chi connectivity index (χ2v) is 4.77. The van der Waals surface area contributed by atoms with Gasteiger partial charge in [-0.3, -0.25) is 4.79 Å². The van der Waals surface area contributed by atoms with Crippen molar-refractivity contribution in [2.45, 2.75) is 44.3 Å². The molecule has 4 heteroatoms. The lowest BCUT2D eigenvalue weighted by molar-refractivity contribution is -0.156. The first-order valence-electron chi connectivity index (χ1n) is 6.23. The molecular weight excluding hydrogens is 206 g/mol. The van der Waals surface area contributed by atoms with Gasteiger partial charge in [-0.1, -0.05) is 0 Å². The highest BCUT2D eigenvalue weighted by Crippen LogP contribution is 2.24. The van der Waals surface area contributed by atoms with E-state index in [4.69, 9.17) is 9.47 Å². The number of carbonyl (C=O) groups is 1. The Kier molecular flexibility index (Phi) is 4.18. The molecule has 1 aliphatic carbocycles. The third-order valence-corrected chi connectivity index (χ3v) is 3.59. The standard InChI is InChI=1S/C12H21NO3/c1-15-10-3-2-4-11(7-10)16-12(14)9-5-6-13-8-9/h9-11,13H,2-8H2,1H3. The molecule has 1 aliphatic heterocycles. The van der Waals surface area contributed by atoms with Crippen molar-refractivity contribution in [1.82, 2.24) is 5.32 Å². The summed E-state index contributed by atoms with van der Waals surface area (Å²) in [6.07, 6.45) is 5.31. The molecule has 0 aromatic heterocycles. The van der Waals surface area contributed by atoms with Gasteiger partial charge in [0.05, 0.1) is 12.0 Å². The fraction of sp³-hybridized carbons (Fsp3) is 0.917. The summed E-state index contributed by atoms with van der Waals surface area (Å²) in [6, 6.07) is 0. The van der Waals surface area contributed by atoms with Crippen LogP contribution in [-0.4, -0.2) is 38.4 Å². The fourth-order valence-electron chi connectivity index (χ4n) is 2.54. The molecule has 2 rings (SSSR count). The van der Waals surface area contributed by atoms with Gasteiger partial charge in [-0.25, -0.2) is 0 Å². The molecule has 4 nitrogen and oxygen atoms in total. The number of nitrogens with one attached hydrogen (secondary N) is 1. The minimum atomic E-state index is -0.0215. The van der Waals surface area contributed by atoms with E-state index in [-0.39, 0.29) is 24.1 Å². The monoisotopic (exact) mass is 227 g/mol. The smallest absolute Gasteiger partial charge is 0.310 e. The zero-order valence-electron chi connectivity index (χ0n) is 9.91. The molecule has 0 amide bonds. The van der Waals surface area contributed by atoms with Crippen LogP contribution < -0.4 is 5.32 Å². The topological polar surface area (TPSA) is 47.6 Å². The van der Waals surface area contributed by atoms with Crippen LogP contribution in [0.5, 0.6) is 0 Å². The quantitative estimate of drug-likeness (QED) is 0.733. The van der Waals surface area contributed by atoms with Crippen molar-refractivity contribution in [2.75, 3.05) is 20.2 Å². The highest BCUT2D eigenvalue weighted by Gasteiger charge is 2.29. The molecule has 0 spiro atoms. The van der Waals surface area contributed by atoms with Gasteiger partial charge in [0.25, 0.3) is 0 Å². The average Bonchev–Trinajstić information content (AvgIpc) is 2.83. The van der Waals surface area contributed by atoms with Crippen LogP contribution in [0.15, 0.2) is 0 Å². The molecule has 3 unspecified atom stereocenters. The Bertz CT molecular complexity index is 238. The predicted molar refractivity (Wildman–Crippen MR) is 60.1 cm³/mol. The SMILES string of the molecule is COC1CCCC(OC(=O)C2CCNC2)C1. The zero-order valence-corrected chi connectivity index (χ0v) is 9.91. The van der Waals surface area contributed by atoms with Crippen molar-refractivity contribution in [1.29, 1.82) is 0 Å². The fourth-order valence-corrected chi connectivity index (χ4v) is 2.54. The Hall–Kier alpha value is -0.610. The van der Waals surface area contributed by atoms with Crippen LogP contribution in [0, 0.1) is 5.92 Å². The van der Waals surface area contributed by atoms with E-state index >= 15 is 0 Å². The molecule has 0 aromatic rings. The van der Waals surface area contributed by atoms with Crippen molar-refractivity contribution in [3.8, 4) is 0 Å². The van der Waals surface area contributed by atoms with Crippen LogP contribution in [0.25, 0.3) is 0 Å². The molecule has 1 saturated heterocycles. The number of hydrogen-bond donors (Lipinski definition) is 1. The summed E-state index contributed by atoms with van der Waals surface area (Å²) >= 11 is 0. The second-order valence-electron chi connectivity index (χ2n) is 4.77. The van der Waals surface area contributed by atoms with Crippen molar-refractivity contribution >= 4 is 5.97 Å². The Morgan fingerprint density at radius 3 is 2.75 bits per heavy atom. The molecule has 92 valence electrons. The molecule has 16 heavy (non-hydrogen) atoms. The molecule has 1 heterocycles. The molecule has 3 atom stereocenters. The molecule has 2 aliphatic rings. The predicted octanol–water partition coefficient (Wildman–Crippen LogP) is 1.10. The van der Waals surface area contributed by atoms with Gasteiger partial charge in [-0.05, 0) is 32.2 Å². The van der Waals surface area contributed by atoms with Crippen LogP contribution in [0.1, 0.15) is 32.1 Å². The van der Waals surface area contributed by atoms with E-state index in [1.165, 1.54) is 0 Å². The van der Waals surface area contributed by atoms with Gasteiger partial charge >= 0.3 is 5.97 Å². The summed E-state index contributed by atoms with van der Waals surface area (Å²) in [4.78, 5) is 11.8. The maximum absolute atomic E-state index is 11.8. The van der Waals surface area contributed by atoms with Gasteiger partial charge in [0.2, 0.25) is 0 Å². The lowest BCUT2D eigenvalue weighted by Crippen LogP contribution is -2.32. The maximum Gasteiger partial charge on any atom is 0.310 e. The first-order valence-corrected chi connectivity index (χ1v) is 6.23. The molecule has 1 saturated carbocycles. The largest absolute Gasteiger partial charge is 0.462 e. The third-order valence-electron chi connectivity index (χ3n) is 3.59. The third kappa shape index (κ3) is 2.95. The van der Waals surface area contributed by atoms with Gasteiger partial charge in [0, 0.05) is 20.1 Å². The Morgan fingerprint density at radius 2 is 2.06 bits per heavy atom. The lowest BCUT2D eigenvalue weighted by Gasteiger charge is -2.28. The Morgan fingerprint density at radius 1 is 1.25 bits per heavy atom. The average molecular weight is 227 g/mol. The second kappa shape index (κ2) is 5.64. The van der Waals surface area contributed by atoms with Crippen molar-refractivity contribution in [2.24, 2.45) is 5.92 Å². The highest BCUT2D eigenvalue weighted by atomic mass is 16.5. The minimum Gasteiger partial charge on any atom is -0.462 e. The van der Waals surface area contributed by atoms with Crippen molar-refractivity contribution in [3.63, 3.8) is 0 Å². The normalized spacial score (nSPS) is 34.9. The van der Waals surface area contributed by atoms with Gasteiger partial charge in [-0.15, -0.1) is 0 Å². The van der Waals surface area contributed by atoms with E-state index in [2.05, 4.69) is 5.32 Å². The first-order chi connectivity index (χ1) is 7.79. The maximum atomic E-state index is 11.8. The van der Waals surface area contributed by atoms with Gasteiger partial charge in [-0.2, -0.15) is 0 Å². The molecule has 0 radical (unpaired) electrons. The van der Waals surface area contributed by atoms with Crippen molar-refractivity contribution < 1.29 is 14.3 Å². The number of esters is 1. The summed E-state index contributed by atoms with van der Waals surface area (Å²) in [7, 11) is 1.73. The summed E-state index contributed by atoms with van der Waals surface area (Å²) < 4.78 is 10.9. The Labute approximate surface area is 96.7 Å². The highest BCUT2D eigenvalue weighted by molar-refractivity contribution is 5.73. The zero-order chi connectivity index (χ0) is 11.4. The summed E-state index contributed by atoms with van der Waals surface area (Å²) in [5, 5.41) is 3.18. The number of hydrogen-bond acceptors (Lipinski definition) is 4.